The van der Waals surface area contributed by atoms with Crippen LogP contribution in [0.3, 0.4) is 0 Å². The molecule has 0 aliphatic heterocycles. The van der Waals surface area contributed by atoms with Gasteiger partial charge in [0.2, 0.25) is 5.89 Å². The highest BCUT2D eigenvalue weighted by Crippen LogP contribution is 2.16. The summed E-state index contributed by atoms with van der Waals surface area (Å²) in [7, 11) is 0. The lowest BCUT2D eigenvalue weighted by Crippen LogP contribution is -2.12. The van der Waals surface area contributed by atoms with Crippen molar-refractivity contribution in [3.05, 3.63) is 12.2 Å². The molecular weight excluding hydrogens is 142 g/mol. The average Bonchev–Trinajstić information content (AvgIpc) is 2.52. The Morgan fingerprint density at radius 3 is 3.00 bits per heavy atom. The summed E-state index contributed by atoms with van der Waals surface area (Å²) >= 11 is 0. The summed E-state index contributed by atoms with van der Waals surface area (Å²) in [5, 5.41) is 3.53. The van der Waals surface area contributed by atoms with Crippen LogP contribution in [0.25, 0.3) is 0 Å². The summed E-state index contributed by atoms with van der Waals surface area (Å²) in [6.07, 6.45) is 3.51. The van der Waals surface area contributed by atoms with E-state index in [0.717, 1.165) is 12.8 Å². The molecule has 1 atom stereocenters. The molecule has 0 aliphatic carbocycles. The van der Waals surface area contributed by atoms with Gasteiger partial charge in [0.1, 0.15) is 0 Å². The van der Waals surface area contributed by atoms with Crippen LogP contribution in [0.2, 0.25) is 0 Å². The fourth-order valence-electron chi connectivity index (χ4n) is 1.05. The summed E-state index contributed by atoms with van der Waals surface area (Å²) in [6, 6.07) is 0. The van der Waals surface area contributed by atoms with E-state index in [1.54, 1.807) is 0 Å². The summed E-state index contributed by atoms with van der Waals surface area (Å²) < 4.78 is 4.90. The molecule has 1 unspecified atom stereocenters. The van der Waals surface area contributed by atoms with E-state index >= 15 is 0 Å². The zero-order chi connectivity index (χ0) is 8.10. The second-order valence-corrected chi connectivity index (χ2v) is 2.50. The van der Waals surface area contributed by atoms with Crippen LogP contribution in [-0.2, 0) is 0 Å². The highest BCUT2D eigenvalue weighted by atomic mass is 16.5. The molecule has 0 radical (unpaired) electrons. The molecule has 0 bridgehead atoms. The third-order valence-corrected chi connectivity index (χ3v) is 1.65. The van der Waals surface area contributed by atoms with Gasteiger partial charge in [0.15, 0.2) is 6.33 Å². The van der Waals surface area contributed by atoms with Gasteiger partial charge in [-0.2, -0.15) is 4.98 Å². The maximum atomic E-state index is 5.52. The van der Waals surface area contributed by atoms with Crippen molar-refractivity contribution in [2.75, 3.05) is 6.54 Å². The Morgan fingerprint density at radius 2 is 2.55 bits per heavy atom. The molecule has 62 valence electrons. The van der Waals surface area contributed by atoms with Crippen molar-refractivity contribution in [2.24, 2.45) is 5.73 Å². The smallest absolute Gasteiger partial charge is 0.230 e. The molecule has 0 amide bonds. The molecule has 1 rings (SSSR count). The van der Waals surface area contributed by atoms with Crippen LogP contribution in [0.15, 0.2) is 10.9 Å². The number of aromatic nitrogens is 2. The Kier molecular flexibility index (Phi) is 3.04. The van der Waals surface area contributed by atoms with Gasteiger partial charge in [0, 0.05) is 6.54 Å². The van der Waals surface area contributed by atoms with Crippen molar-refractivity contribution in [2.45, 2.75) is 25.7 Å². The van der Waals surface area contributed by atoms with Crippen molar-refractivity contribution < 1.29 is 4.52 Å². The first-order chi connectivity index (χ1) is 5.38. The normalized spacial score (nSPS) is 13.3. The number of rotatable bonds is 4. The fraction of sp³-hybridized carbons (Fsp3) is 0.714. The SMILES string of the molecule is CCCC(CN)c1ncno1. The predicted molar refractivity (Wildman–Crippen MR) is 41.0 cm³/mol. The van der Waals surface area contributed by atoms with Gasteiger partial charge in [-0.15, -0.1) is 0 Å². The minimum Gasteiger partial charge on any atom is -0.339 e. The van der Waals surface area contributed by atoms with Crippen LogP contribution in [0, 0.1) is 0 Å². The van der Waals surface area contributed by atoms with Gasteiger partial charge in [-0.05, 0) is 6.42 Å². The summed E-state index contributed by atoms with van der Waals surface area (Å²) in [5.74, 6) is 0.900. The van der Waals surface area contributed by atoms with Crippen molar-refractivity contribution >= 4 is 0 Å². The first kappa shape index (κ1) is 8.20. The quantitative estimate of drug-likeness (QED) is 0.702. The van der Waals surface area contributed by atoms with Gasteiger partial charge in [0.25, 0.3) is 0 Å². The second-order valence-electron chi connectivity index (χ2n) is 2.50. The van der Waals surface area contributed by atoms with Gasteiger partial charge < -0.3 is 10.3 Å². The maximum Gasteiger partial charge on any atom is 0.230 e. The Balaban J connectivity index is 2.56. The first-order valence-corrected chi connectivity index (χ1v) is 3.85. The van der Waals surface area contributed by atoms with Crippen LogP contribution in [-0.4, -0.2) is 16.7 Å². The molecule has 0 fully saturated rings. The largest absolute Gasteiger partial charge is 0.339 e. The molecule has 2 N–H and O–H groups in total. The molecule has 1 aromatic rings. The zero-order valence-corrected chi connectivity index (χ0v) is 6.66. The molecule has 0 saturated carbocycles. The average molecular weight is 155 g/mol. The molecule has 0 saturated heterocycles. The molecule has 4 nitrogen and oxygen atoms in total. The third-order valence-electron chi connectivity index (χ3n) is 1.65. The molecule has 0 spiro atoms. The van der Waals surface area contributed by atoms with Gasteiger partial charge in [-0.1, -0.05) is 18.5 Å². The minimum absolute atomic E-state index is 0.238. The van der Waals surface area contributed by atoms with Gasteiger partial charge in [-0.25, -0.2) is 0 Å². The number of hydrogen-bond donors (Lipinski definition) is 1. The van der Waals surface area contributed by atoms with Crippen molar-refractivity contribution in [3.8, 4) is 0 Å². The fourth-order valence-corrected chi connectivity index (χ4v) is 1.05. The van der Waals surface area contributed by atoms with Crippen molar-refractivity contribution in [3.63, 3.8) is 0 Å². The van der Waals surface area contributed by atoms with E-state index in [2.05, 4.69) is 17.1 Å². The molecular formula is C7H13N3O. The number of hydrogen-bond acceptors (Lipinski definition) is 4. The second kappa shape index (κ2) is 4.08. The van der Waals surface area contributed by atoms with Crippen LogP contribution in [0.1, 0.15) is 31.6 Å². The molecule has 4 heteroatoms. The van der Waals surface area contributed by atoms with Crippen LogP contribution < -0.4 is 5.73 Å². The van der Waals surface area contributed by atoms with E-state index in [0.29, 0.717) is 12.4 Å². The summed E-state index contributed by atoms with van der Waals surface area (Å²) in [6.45, 7) is 2.69. The molecule has 0 aromatic carbocycles. The van der Waals surface area contributed by atoms with Crippen molar-refractivity contribution in [1.29, 1.82) is 0 Å². The van der Waals surface area contributed by atoms with E-state index in [1.807, 2.05) is 0 Å². The Morgan fingerprint density at radius 1 is 1.73 bits per heavy atom. The Bertz CT molecular complexity index is 186. The van der Waals surface area contributed by atoms with Crippen molar-refractivity contribution in [1.82, 2.24) is 10.1 Å². The molecule has 11 heavy (non-hydrogen) atoms. The molecule has 0 aliphatic rings. The lowest BCUT2D eigenvalue weighted by molar-refractivity contribution is 0.346. The maximum absolute atomic E-state index is 5.52. The van der Waals surface area contributed by atoms with Gasteiger partial charge in [-0.3, -0.25) is 0 Å². The Hall–Kier alpha value is -0.900. The highest BCUT2D eigenvalue weighted by molar-refractivity contribution is 4.88. The number of nitrogens with zero attached hydrogens (tertiary/aromatic N) is 2. The topological polar surface area (TPSA) is 64.9 Å². The standard InChI is InChI=1S/C7H13N3O/c1-2-3-6(4-8)7-9-5-10-11-7/h5-6H,2-4,8H2,1H3. The summed E-state index contributed by atoms with van der Waals surface area (Å²) in [4.78, 5) is 3.95. The predicted octanol–water partition coefficient (Wildman–Crippen LogP) is 0.912. The van der Waals surface area contributed by atoms with E-state index in [4.69, 9.17) is 10.3 Å². The van der Waals surface area contributed by atoms with E-state index in [9.17, 15) is 0 Å². The van der Waals surface area contributed by atoms with Gasteiger partial charge >= 0.3 is 0 Å². The van der Waals surface area contributed by atoms with Crippen LogP contribution >= 0.6 is 0 Å². The monoisotopic (exact) mass is 155 g/mol. The third kappa shape index (κ3) is 2.01. The summed E-state index contributed by atoms with van der Waals surface area (Å²) in [5.41, 5.74) is 5.52. The minimum atomic E-state index is 0.238. The van der Waals surface area contributed by atoms with Crippen LogP contribution in [0.5, 0.6) is 0 Å². The Labute approximate surface area is 65.8 Å². The van der Waals surface area contributed by atoms with Crippen LogP contribution in [0.4, 0.5) is 0 Å². The van der Waals surface area contributed by atoms with E-state index in [-0.39, 0.29) is 5.92 Å². The zero-order valence-electron chi connectivity index (χ0n) is 6.66. The molecule has 1 aromatic heterocycles. The van der Waals surface area contributed by atoms with E-state index < -0.39 is 0 Å². The lowest BCUT2D eigenvalue weighted by atomic mass is 10.0. The first-order valence-electron chi connectivity index (χ1n) is 3.85. The number of nitrogens with two attached hydrogens (primary N) is 1. The highest BCUT2D eigenvalue weighted by Gasteiger charge is 2.13. The molecule has 1 heterocycles. The van der Waals surface area contributed by atoms with Gasteiger partial charge in [0.05, 0.1) is 5.92 Å². The lowest BCUT2D eigenvalue weighted by Gasteiger charge is -2.06. The van der Waals surface area contributed by atoms with E-state index in [1.165, 1.54) is 6.33 Å².